The molecule has 1 amide bonds. The largest absolute Gasteiger partial charge is 0.490 e. The van der Waals surface area contributed by atoms with Crippen LogP contribution in [0.4, 0.5) is 5.69 Å². The van der Waals surface area contributed by atoms with E-state index in [2.05, 4.69) is 10.5 Å². The van der Waals surface area contributed by atoms with Gasteiger partial charge in [0.1, 0.15) is 6.54 Å². The van der Waals surface area contributed by atoms with Gasteiger partial charge in [0.2, 0.25) is 0 Å². The molecule has 0 saturated heterocycles. The summed E-state index contributed by atoms with van der Waals surface area (Å²) in [5, 5.41) is 16.1. The van der Waals surface area contributed by atoms with Crippen molar-refractivity contribution < 1.29 is 14.5 Å². The monoisotopic (exact) mass is 430 g/mol. The van der Waals surface area contributed by atoms with Crippen LogP contribution in [-0.4, -0.2) is 28.7 Å². The number of methoxy groups -OCH3 is 1. The van der Waals surface area contributed by atoms with Crippen molar-refractivity contribution in [3.8, 4) is 5.75 Å². The van der Waals surface area contributed by atoms with Crippen LogP contribution in [0.5, 0.6) is 5.75 Å². The zero-order valence-corrected chi connectivity index (χ0v) is 17.0. The molecule has 0 aliphatic carbocycles. The average molecular weight is 430 g/mol. The lowest BCUT2D eigenvalue weighted by atomic mass is 10.1. The zero-order valence-electron chi connectivity index (χ0n) is 17.0. The van der Waals surface area contributed by atoms with Crippen LogP contribution in [0.3, 0.4) is 0 Å². The lowest BCUT2D eigenvalue weighted by Crippen LogP contribution is -2.25. The molecule has 1 heterocycles. The number of hydrazone groups is 1. The lowest BCUT2D eigenvalue weighted by molar-refractivity contribution is -0.385. The fraction of sp³-hybridized carbons (Fsp3) is 0.0870. The Morgan fingerprint density at radius 3 is 2.31 bits per heavy atom. The van der Waals surface area contributed by atoms with Gasteiger partial charge in [-0.3, -0.25) is 19.7 Å². The molecule has 9 heteroatoms. The van der Waals surface area contributed by atoms with E-state index in [1.807, 2.05) is 0 Å². The number of carbonyl (C=O) groups is 1. The minimum Gasteiger partial charge on any atom is -0.490 e. The third-order valence-electron chi connectivity index (χ3n) is 4.98. The molecular weight excluding hydrogens is 412 g/mol. The van der Waals surface area contributed by atoms with Crippen molar-refractivity contribution in [3.05, 3.63) is 92.6 Å². The Morgan fingerprint density at radius 1 is 1.09 bits per heavy atom. The number of rotatable bonds is 6. The van der Waals surface area contributed by atoms with E-state index in [4.69, 9.17) is 4.74 Å². The number of para-hydroxylation sites is 2. The first kappa shape index (κ1) is 20.7. The van der Waals surface area contributed by atoms with Crippen LogP contribution in [0.15, 0.2) is 76.6 Å². The maximum atomic E-state index is 12.8. The van der Waals surface area contributed by atoms with Crippen molar-refractivity contribution in [3.63, 3.8) is 0 Å². The number of hydrogen-bond donors (Lipinski definition) is 1. The molecule has 32 heavy (non-hydrogen) atoms. The van der Waals surface area contributed by atoms with Crippen LogP contribution in [-0.2, 0) is 11.3 Å². The van der Waals surface area contributed by atoms with Gasteiger partial charge in [-0.05, 0) is 36.4 Å². The molecular formula is C23H18N4O5. The third kappa shape index (κ3) is 3.91. The predicted molar refractivity (Wildman–Crippen MR) is 121 cm³/mol. The van der Waals surface area contributed by atoms with E-state index in [1.165, 1.54) is 25.5 Å². The number of aromatic nitrogens is 1. The molecule has 0 fully saturated rings. The van der Waals surface area contributed by atoms with Crippen LogP contribution in [0.2, 0.25) is 0 Å². The number of carbonyl (C=O) groups excluding carboxylic acids is 1. The SMILES string of the molecule is COc1ccc(/C=N\NC(=O)Cn2c3ccccc3c(=O)c3ccccc32)cc1[N+](=O)[O-]. The molecule has 0 aliphatic heterocycles. The highest BCUT2D eigenvalue weighted by molar-refractivity contribution is 5.95. The van der Waals surface area contributed by atoms with Gasteiger partial charge in [-0.2, -0.15) is 5.10 Å². The standard InChI is InChI=1S/C23H18N4O5/c1-32-21-11-10-15(12-20(21)27(30)31)13-24-25-22(28)14-26-18-8-4-2-6-16(18)23(29)17-7-3-5-9-19(17)26/h2-13H,14H2,1H3,(H,25,28)/b24-13-. The second kappa shape index (κ2) is 8.68. The maximum absolute atomic E-state index is 12.8. The Labute approximate surface area is 181 Å². The molecule has 3 aromatic carbocycles. The predicted octanol–water partition coefficient (Wildman–Crippen LogP) is 3.22. The van der Waals surface area contributed by atoms with E-state index in [0.29, 0.717) is 27.4 Å². The highest BCUT2D eigenvalue weighted by atomic mass is 16.6. The van der Waals surface area contributed by atoms with Crippen molar-refractivity contribution in [2.24, 2.45) is 5.10 Å². The highest BCUT2D eigenvalue weighted by Gasteiger charge is 2.15. The number of benzene rings is 3. The lowest BCUT2D eigenvalue weighted by Gasteiger charge is -2.14. The molecule has 0 atom stereocenters. The van der Waals surface area contributed by atoms with Gasteiger partial charge in [-0.15, -0.1) is 0 Å². The van der Waals surface area contributed by atoms with Crippen molar-refractivity contribution in [1.82, 2.24) is 9.99 Å². The summed E-state index contributed by atoms with van der Waals surface area (Å²) in [7, 11) is 1.35. The second-order valence-electron chi connectivity index (χ2n) is 6.93. The number of amides is 1. The summed E-state index contributed by atoms with van der Waals surface area (Å²) >= 11 is 0. The molecule has 4 rings (SSSR count). The van der Waals surface area contributed by atoms with Crippen molar-refractivity contribution >= 4 is 39.6 Å². The van der Waals surface area contributed by atoms with Gasteiger partial charge in [-0.1, -0.05) is 24.3 Å². The van der Waals surface area contributed by atoms with E-state index in [9.17, 15) is 19.7 Å². The van der Waals surface area contributed by atoms with E-state index in [-0.39, 0.29) is 23.4 Å². The van der Waals surface area contributed by atoms with Gasteiger partial charge in [-0.25, -0.2) is 5.43 Å². The van der Waals surface area contributed by atoms with Crippen LogP contribution in [0, 0.1) is 10.1 Å². The van der Waals surface area contributed by atoms with E-state index >= 15 is 0 Å². The van der Waals surface area contributed by atoms with E-state index in [0.717, 1.165) is 0 Å². The zero-order chi connectivity index (χ0) is 22.7. The second-order valence-corrected chi connectivity index (χ2v) is 6.93. The van der Waals surface area contributed by atoms with Crippen LogP contribution in [0.1, 0.15) is 5.56 Å². The van der Waals surface area contributed by atoms with Gasteiger partial charge in [0, 0.05) is 22.4 Å². The quantitative estimate of drug-likeness (QED) is 0.218. The minimum atomic E-state index is -0.554. The highest BCUT2D eigenvalue weighted by Crippen LogP contribution is 2.26. The Balaban J connectivity index is 1.60. The van der Waals surface area contributed by atoms with Gasteiger partial charge < -0.3 is 9.30 Å². The summed E-state index contributed by atoms with van der Waals surface area (Å²) in [6.45, 7) is -0.0680. The number of pyridine rings is 1. The number of nitro groups is 1. The molecule has 0 saturated carbocycles. The maximum Gasteiger partial charge on any atom is 0.311 e. The number of ether oxygens (including phenoxy) is 1. The van der Waals surface area contributed by atoms with Gasteiger partial charge in [0.25, 0.3) is 5.91 Å². The molecule has 1 aromatic heterocycles. The van der Waals surface area contributed by atoms with Gasteiger partial charge in [0.05, 0.1) is 29.3 Å². The molecule has 0 radical (unpaired) electrons. The Bertz CT molecular complexity index is 1380. The van der Waals surface area contributed by atoms with E-state index in [1.54, 1.807) is 59.2 Å². The first-order valence-electron chi connectivity index (χ1n) is 9.64. The molecule has 160 valence electrons. The Hall–Kier alpha value is -4.53. The van der Waals surface area contributed by atoms with Crippen LogP contribution >= 0.6 is 0 Å². The number of nitrogens with zero attached hydrogens (tertiary/aromatic N) is 3. The van der Waals surface area contributed by atoms with E-state index < -0.39 is 10.8 Å². The summed E-state index contributed by atoms with van der Waals surface area (Å²) in [4.78, 5) is 36.0. The van der Waals surface area contributed by atoms with Crippen LogP contribution < -0.4 is 15.6 Å². The molecule has 0 spiro atoms. The first-order valence-corrected chi connectivity index (χ1v) is 9.64. The molecule has 4 aromatic rings. The number of nitrogens with one attached hydrogen (secondary N) is 1. The van der Waals surface area contributed by atoms with Crippen LogP contribution in [0.25, 0.3) is 21.8 Å². The third-order valence-corrected chi connectivity index (χ3v) is 4.98. The van der Waals surface area contributed by atoms with Crippen molar-refractivity contribution in [1.29, 1.82) is 0 Å². The van der Waals surface area contributed by atoms with Gasteiger partial charge in [0.15, 0.2) is 11.2 Å². The van der Waals surface area contributed by atoms with Gasteiger partial charge >= 0.3 is 5.69 Å². The minimum absolute atomic E-state index is 0.0680. The molecule has 9 nitrogen and oxygen atoms in total. The number of nitro benzene ring substituents is 1. The average Bonchev–Trinajstić information content (AvgIpc) is 2.81. The Morgan fingerprint density at radius 2 is 1.72 bits per heavy atom. The van der Waals surface area contributed by atoms with Crippen molar-refractivity contribution in [2.45, 2.75) is 6.54 Å². The topological polar surface area (TPSA) is 116 Å². The molecule has 0 aliphatic rings. The summed E-state index contributed by atoms with van der Waals surface area (Å²) in [6.07, 6.45) is 1.31. The summed E-state index contributed by atoms with van der Waals surface area (Å²) in [5.74, 6) is -0.281. The molecule has 1 N–H and O–H groups in total. The number of hydrogen-bond acceptors (Lipinski definition) is 6. The fourth-order valence-corrected chi connectivity index (χ4v) is 3.53. The molecule has 0 unspecified atom stereocenters. The summed E-state index contributed by atoms with van der Waals surface area (Å²) < 4.78 is 6.73. The summed E-state index contributed by atoms with van der Waals surface area (Å²) in [5.41, 5.74) is 3.85. The Kier molecular flexibility index (Phi) is 5.63. The van der Waals surface area contributed by atoms with Crippen molar-refractivity contribution in [2.75, 3.05) is 7.11 Å². The first-order chi connectivity index (χ1) is 15.5. The summed E-state index contributed by atoms with van der Waals surface area (Å²) in [6, 6.07) is 18.6. The normalized spacial score (nSPS) is 11.2. The smallest absolute Gasteiger partial charge is 0.311 e. The number of fused-ring (bicyclic) bond motifs is 2. The molecule has 0 bridgehead atoms. The fourth-order valence-electron chi connectivity index (χ4n) is 3.53.